The van der Waals surface area contributed by atoms with Crippen LogP contribution in [0.1, 0.15) is 31.2 Å². The molecule has 1 N–H and O–H groups in total. The molecular weight excluding hydrogens is 220 g/mol. The molecule has 2 rings (SSSR count). The predicted molar refractivity (Wildman–Crippen MR) is 64.4 cm³/mol. The van der Waals surface area contributed by atoms with E-state index in [1.807, 2.05) is 6.26 Å². The van der Waals surface area contributed by atoms with Gasteiger partial charge < -0.3 is 5.32 Å². The van der Waals surface area contributed by atoms with Gasteiger partial charge in [0.05, 0.1) is 0 Å². The molecule has 0 spiro atoms. The van der Waals surface area contributed by atoms with Crippen molar-refractivity contribution in [1.29, 1.82) is 5.26 Å². The Morgan fingerprint density at radius 3 is 2.81 bits per heavy atom. The van der Waals surface area contributed by atoms with Crippen molar-refractivity contribution in [2.75, 3.05) is 11.6 Å². The van der Waals surface area contributed by atoms with Crippen LogP contribution >= 0.6 is 11.8 Å². The van der Waals surface area contributed by atoms with E-state index in [0.29, 0.717) is 17.4 Å². The van der Waals surface area contributed by atoms with E-state index in [2.05, 4.69) is 21.4 Å². The van der Waals surface area contributed by atoms with E-state index >= 15 is 0 Å². The fourth-order valence-corrected chi connectivity index (χ4v) is 2.50. The molecule has 5 heteroatoms. The highest BCUT2D eigenvalue weighted by Gasteiger charge is 2.18. The fraction of sp³-hybridized carbons (Fsp3) is 0.545. The molecule has 84 valence electrons. The van der Waals surface area contributed by atoms with E-state index in [4.69, 9.17) is 5.26 Å². The van der Waals surface area contributed by atoms with Crippen molar-refractivity contribution in [3.63, 3.8) is 0 Å². The molecule has 0 aromatic carbocycles. The van der Waals surface area contributed by atoms with Crippen LogP contribution in [0.15, 0.2) is 11.4 Å². The van der Waals surface area contributed by atoms with Crippen LogP contribution < -0.4 is 5.32 Å². The lowest BCUT2D eigenvalue weighted by atomic mass is 10.2. The Morgan fingerprint density at radius 2 is 2.19 bits per heavy atom. The zero-order valence-electron chi connectivity index (χ0n) is 9.23. The van der Waals surface area contributed by atoms with Gasteiger partial charge >= 0.3 is 0 Å². The van der Waals surface area contributed by atoms with Crippen LogP contribution in [0.25, 0.3) is 0 Å². The summed E-state index contributed by atoms with van der Waals surface area (Å²) in [5.41, 5.74) is 0.571. The average molecular weight is 234 g/mol. The molecule has 0 aliphatic heterocycles. The minimum atomic E-state index is 0.469. The van der Waals surface area contributed by atoms with Gasteiger partial charge in [-0.3, -0.25) is 0 Å². The molecule has 0 amide bonds. The first-order chi connectivity index (χ1) is 7.85. The van der Waals surface area contributed by atoms with Crippen molar-refractivity contribution in [1.82, 2.24) is 9.97 Å². The second kappa shape index (κ2) is 5.17. The second-order valence-electron chi connectivity index (χ2n) is 3.84. The molecule has 1 aromatic rings. The summed E-state index contributed by atoms with van der Waals surface area (Å²) < 4.78 is 0. The highest BCUT2D eigenvalue weighted by Crippen LogP contribution is 2.26. The quantitative estimate of drug-likeness (QED) is 0.643. The fourth-order valence-electron chi connectivity index (χ4n) is 2.00. The van der Waals surface area contributed by atoms with Crippen LogP contribution in [0.3, 0.4) is 0 Å². The van der Waals surface area contributed by atoms with Gasteiger partial charge in [-0.15, -0.1) is 11.8 Å². The first kappa shape index (κ1) is 11.2. The van der Waals surface area contributed by atoms with Crippen LogP contribution in [-0.2, 0) is 0 Å². The SMILES string of the molecule is CSc1ncnc(NC2CCCC2)c1C#N. The van der Waals surface area contributed by atoms with Crippen molar-refractivity contribution >= 4 is 17.6 Å². The van der Waals surface area contributed by atoms with E-state index in [-0.39, 0.29) is 0 Å². The van der Waals surface area contributed by atoms with Crippen LogP contribution in [-0.4, -0.2) is 22.3 Å². The topological polar surface area (TPSA) is 61.6 Å². The largest absolute Gasteiger partial charge is 0.366 e. The normalized spacial score (nSPS) is 16.0. The van der Waals surface area contributed by atoms with E-state index in [0.717, 1.165) is 5.03 Å². The number of thioether (sulfide) groups is 1. The number of rotatable bonds is 3. The number of anilines is 1. The monoisotopic (exact) mass is 234 g/mol. The minimum Gasteiger partial charge on any atom is -0.366 e. The number of hydrogen-bond donors (Lipinski definition) is 1. The molecule has 1 aliphatic rings. The molecule has 1 saturated carbocycles. The molecule has 1 heterocycles. The summed E-state index contributed by atoms with van der Waals surface area (Å²) in [4.78, 5) is 8.26. The maximum absolute atomic E-state index is 9.12. The van der Waals surface area contributed by atoms with Crippen LogP contribution in [0.2, 0.25) is 0 Å². The van der Waals surface area contributed by atoms with Crippen molar-refractivity contribution in [2.24, 2.45) is 0 Å². The molecule has 0 saturated heterocycles. The Hall–Kier alpha value is -1.28. The molecule has 0 bridgehead atoms. The summed E-state index contributed by atoms with van der Waals surface area (Å²) >= 11 is 1.48. The minimum absolute atomic E-state index is 0.469. The van der Waals surface area contributed by atoms with Crippen molar-refractivity contribution < 1.29 is 0 Å². The highest BCUT2D eigenvalue weighted by molar-refractivity contribution is 7.98. The molecule has 1 aromatic heterocycles. The number of aromatic nitrogens is 2. The molecular formula is C11H14N4S. The van der Waals surface area contributed by atoms with Gasteiger partial charge in [-0.05, 0) is 19.1 Å². The van der Waals surface area contributed by atoms with Gasteiger partial charge in [0.25, 0.3) is 0 Å². The van der Waals surface area contributed by atoms with E-state index < -0.39 is 0 Å². The van der Waals surface area contributed by atoms with Crippen LogP contribution in [0.5, 0.6) is 0 Å². The van der Waals surface area contributed by atoms with E-state index in [9.17, 15) is 0 Å². The number of nitrogens with one attached hydrogen (secondary N) is 1. The van der Waals surface area contributed by atoms with Gasteiger partial charge in [-0.1, -0.05) is 12.8 Å². The molecule has 1 aliphatic carbocycles. The lowest BCUT2D eigenvalue weighted by Crippen LogP contribution is -2.17. The van der Waals surface area contributed by atoms with Gasteiger partial charge in [-0.25, -0.2) is 9.97 Å². The average Bonchev–Trinajstić information content (AvgIpc) is 2.81. The second-order valence-corrected chi connectivity index (χ2v) is 4.64. The van der Waals surface area contributed by atoms with Crippen molar-refractivity contribution in [2.45, 2.75) is 36.8 Å². The van der Waals surface area contributed by atoms with Gasteiger partial charge in [0.1, 0.15) is 28.8 Å². The maximum Gasteiger partial charge on any atom is 0.148 e. The third kappa shape index (κ3) is 2.27. The standard InChI is InChI=1S/C11H14N4S/c1-16-11-9(6-12)10(13-7-14-11)15-8-4-2-3-5-8/h7-8H,2-5H2,1H3,(H,13,14,15). The van der Waals surface area contributed by atoms with Crippen LogP contribution in [0, 0.1) is 11.3 Å². The lowest BCUT2D eigenvalue weighted by molar-refractivity contribution is 0.747. The Kier molecular flexibility index (Phi) is 3.62. The Labute approximate surface area is 99.5 Å². The number of nitriles is 1. The Balaban J connectivity index is 2.22. The van der Waals surface area contributed by atoms with E-state index in [1.54, 1.807) is 0 Å². The molecule has 16 heavy (non-hydrogen) atoms. The zero-order chi connectivity index (χ0) is 11.4. The van der Waals surface area contributed by atoms with Crippen LogP contribution in [0.4, 0.5) is 5.82 Å². The highest BCUT2D eigenvalue weighted by atomic mass is 32.2. The van der Waals surface area contributed by atoms with Crippen molar-refractivity contribution in [3.8, 4) is 6.07 Å². The molecule has 4 nitrogen and oxygen atoms in total. The van der Waals surface area contributed by atoms with Gasteiger partial charge in [0, 0.05) is 6.04 Å². The Bertz CT molecular complexity index is 407. The summed E-state index contributed by atoms with van der Waals surface area (Å²) in [5.74, 6) is 0.689. The summed E-state index contributed by atoms with van der Waals surface area (Å²) in [6.45, 7) is 0. The summed E-state index contributed by atoms with van der Waals surface area (Å²) in [7, 11) is 0. The summed E-state index contributed by atoms with van der Waals surface area (Å²) in [6, 6.07) is 2.65. The van der Waals surface area contributed by atoms with Gasteiger partial charge in [0.2, 0.25) is 0 Å². The van der Waals surface area contributed by atoms with Crippen molar-refractivity contribution in [3.05, 3.63) is 11.9 Å². The first-order valence-electron chi connectivity index (χ1n) is 5.40. The van der Waals surface area contributed by atoms with E-state index in [1.165, 1.54) is 43.8 Å². The number of nitrogens with zero attached hydrogens (tertiary/aromatic N) is 3. The first-order valence-corrected chi connectivity index (χ1v) is 6.63. The third-order valence-electron chi connectivity index (χ3n) is 2.81. The third-order valence-corrected chi connectivity index (χ3v) is 3.51. The molecule has 0 unspecified atom stereocenters. The summed E-state index contributed by atoms with van der Waals surface area (Å²) in [5, 5.41) is 13.2. The van der Waals surface area contributed by atoms with Gasteiger partial charge in [0.15, 0.2) is 0 Å². The van der Waals surface area contributed by atoms with Gasteiger partial charge in [-0.2, -0.15) is 5.26 Å². The smallest absolute Gasteiger partial charge is 0.148 e. The summed E-state index contributed by atoms with van der Waals surface area (Å²) in [6.07, 6.45) is 8.31. The maximum atomic E-state index is 9.12. The lowest BCUT2D eigenvalue weighted by Gasteiger charge is -2.14. The predicted octanol–water partition coefficient (Wildman–Crippen LogP) is 2.42. The molecule has 1 fully saturated rings. The molecule has 0 radical (unpaired) electrons. The zero-order valence-corrected chi connectivity index (χ0v) is 10.0. The molecule has 0 atom stereocenters. The Morgan fingerprint density at radius 1 is 1.44 bits per heavy atom. The number of hydrogen-bond acceptors (Lipinski definition) is 5.